The second-order valence-corrected chi connectivity index (χ2v) is 3.14. The Bertz CT molecular complexity index is 176. The lowest BCUT2D eigenvalue weighted by atomic mass is 10.4. The highest BCUT2D eigenvalue weighted by Crippen LogP contribution is 1.98. The van der Waals surface area contributed by atoms with Crippen molar-refractivity contribution in [1.82, 2.24) is 4.90 Å². The number of amides is 1. The molecular formula is C8H12BrNO2. The molecule has 0 saturated carbocycles. The van der Waals surface area contributed by atoms with Crippen LogP contribution >= 0.6 is 15.9 Å². The molecule has 0 aromatic rings. The molecule has 1 amide bonds. The molecule has 0 radical (unpaired) electrons. The van der Waals surface area contributed by atoms with Crippen molar-refractivity contribution in [2.75, 3.05) is 31.6 Å². The third-order valence-electron chi connectivity index (χ3n) is 1.67. The molecule has 1 aliphatic heterocycles. The Morgan fingerprint density at radius 1 is 1.50 bits per heavy atom. The van der Waals surface area contributed by atoms with Crippen molar-refractivity contribution in [3.63, 3.8) is 0 Å². The van der Waals surface area contributed by atoms with Gasteiger partial charge in [-0.15, -0.1) is 0 Å². The second kappa shape index (κ2) is 5.32. The molecule has 4 heteroatoms. The average Bonchev–Trinajstić information content (AvgIpc) is 2.15. The van der Waals surface area contributed by atoms with Gasteiger partial charge in [-0.1, -0.05) is 22.0 Å². The van der Waals surface area contributed by atoms with Crippen LogP contribution in [0.3, 0.4) is 0 Å². The minimum absolute atomic E-state index is 0.0813. The van der Waals surface area contributed by atoms with Crippen LogP contribution in [-0.4, -0.2) is 42.4 Å². The summed E-state index contributed by atoms with van der Waals surface area (Å²) in [7, 11) is 0. The molecule has 0 atom stereocenters. The van der Waals surface area contributed by atoms with Crippen LogP contribution in [-0.2, 0) is 9.53 Å². The van der Waals surface area contributed by atoms with Crippen molar-refractivity contribution in [2.45, 2.75) is 0 Å². The topological polar surface area (TPSA) is 29.5 Å². The first kappa shape index (κ1) is 9.74. The van der Waals surface area contributed by atoms with Crippen molar-refractivity contribution in [3.05, 3.63) is 12.2 Å². The van der Waals surface area contributed by atoms with E-state index in [9.17, 15) is 4.79 Å². The van der Waals surface area contributed by atoms with Gasteiger partial charge in [-0.05, 0) is 6.08 Å². The molecule has 0 aromatic carbocycles. The first-order valence-electron chi connectivity index (χ1n) is 3.94. The zero-order chi connectivity index (χ0) is 8.81. The molecule has 0 unspecified atom stereocenters. The number of morpholine rings is 1. The molecule has 1 rings (SSSR count). The highest BCUT2D eigenvalue weighted by Gasteiger charge is 2.13. The third kappa shape index (κ3) is 2.95. The van der Waals surface area contributed by atoms with Crippen molar-refractivity contribution in [3.8, 4) is 0 Å². The van der Waals surface area contributed by atoms with Gasteiger partial charge in [0.2, 0.25) is 5.91 Å². The lowest BCUT2D eigenvalue weighted by Gasteiger charge is -2.25. The lowest BCUT2D eigenvalue weighted by Crippen LogP contribution is -2.39. The Morgan fingerprint density at radius 2 is 2.17 bits per heavy atom. The summed E-state index contributed by atoms with van der Waals surface area (Å²) < 4.78 is 5.13. The van der Waals surface area contributed by atoms with E-state index in [1.807, 2.05) is 0 Å². The lowest BCUT2D eigenvalue weighted by molar-refractivity contribution is -0.129. The molecule has 3 nitrogen and oxygen atoms in total. The number of ether oxygens (including phenoxy) is 1. The molecule has 68 valence electrons. The number of hydrogen-bond acceptors (Lipinski definition) is 2. The first-order chi connectivity index (χ1) is 5.84. The number of alkyl halides is 1. The number of halogens is 1. The van der Waals surface area contributed by atoms with Gasteiger partial charge >= 0.3 is 0 Å². The monoisotopic (exact) mass is 233 g/mol. The summed E-state index contributed by atoms with van der Waals surface area (Å²) in [6.45, 7) is 2.75. The van der Waals surface area contributed by atoms with Crippen LogP contribution in [0, 0.1) is 0 Å². The van der Waals surface area contributed by atoms with Crippen LogP contribution in [0.25, 0.3) is 0 Å². The molecular weight excluding hydrogens is 222 g/mol. The van der Waals surface area contributed by atoms with Crippen LogP contribution in [0.5, 0.6) is 0 Å². The first-order valence-corrected chi connectivity index (χ1v) is 5.06. The predicted octanol–water partition coefficient (Wildman–Crippen LogP) is 0.796. The molecule has 0 aromatic heterocycles. The zero-order valence-electron chi connectivity index (χ0n) is 6.83. The Hall–Kier alpha value is -0.350. The van der Waals surface area contributed by atoms with E-state index in [2.05, 4.69) is 15.9 Å². The van der Waals surface area contributed by atoms with E-state index in [-0.39, 0.29) is 5.91 Å². The molecule has 1 heterocycles. The van der Waals surface area contributed by atoms with Gasteiger partial charge in [0.05, 0.1) is 13.2 Å². The summed E-state index contributed by atoms with van der Waals surface area (Å²) >= 11 is 3.22. The van der Waals surface area contributed by atoms with Gasteiger partial charge in [0.25, 0.3) is 0 Å². The summed E-state index contributed by atoms with van der Waals surface area (Å²) in [6, 6.07) is 0. The number of rotatable bonds is 2. The van der Waals surface area contributed by atoms with Crippen LogP contribution < -0.4 is 0 Å². The van der Waals surface area contributed by atoms with E-state index >= 15 is 0 Å². The fourth-order valence-electron chi connectivity index (χ4n) is 1.03. The number of carbonyl (C=O) groups excluding carboxylic acids is 1. The maximum Gasteiger partial charge on any atom is 0.246 e. The average molecular weight is 234 g/mol. The maximum absolute atomic E-state index is 11.3. The molecule has 12 heavy (non-hydrogen) atoms. The normalized spacial score (nSPS) is 18.6. The molecule has 1 saturated heterocycles. The Kier molecular flexibility index (Phi) is 4.32. The van der Waals surface area contributed by atoms with Crippen molar-refractivity contribution >= 4 is 21.8 Å². The van der Waals surface area contributed by atoms with Crippen molar-refractivity contribution in [1.29, 1.82) is 0 Å². The number of hydrogen-bond donors (Lipinski definition) is 0. The number of allylic oxidation sites excluding steroid dienone is 1. The van der Waals surface area contributed by atoms with Crippen LogP contribution in [0.4, 0.5) is 0 Å². The van der Waals surface area contributed by atoms with E-state index in [1.54, 1.807) is 17.1 Å². The van der Waals surface area contributed by atoms with E-state index < -0.39 is 0 Å². The van der Waals surface area contributed by atoms with Gasteiger partial charge in [0.1, 0.15) is 0 Å². The highest BCUT2D eigenvalue weighted by atomic mass is 79.9. The smallest absolute Gasteiger partial charge is 0.246 e. The van der Waals surface area contributed by atoms with E-state index in [1.165, 1.54) is 0 Å². The van der Waals surface area contributed by atoms with Gasteiger partial charge in [-0.2, -0.15) is 0 Å². The Labute approximate surface area is 80.5 Å². The van der Waals surface area contributed by atoms with Crippen LogP contribution in [0.1, 0.15) is 0 Å². The minimum atomic E-state index is 0.0813. The number of nitrogens with zero attached hydrogens (tertiary/aromatic N) is 1. The summed E-state index contributed by atoms with van der Waals surface area (Å²) in [6.07, 6.45) is 3.40. The summed E-state index contributed by atoms with van der Waals surface area (Å²) in [5, 5.41) is 0.725. The maximum atomic E-state index is 11.3. The minimum Gasteiger partial charge on any atom is -0.378 e. The standard InChI is InChI=1S/C8H12BrNO2/c9-3-1-2-8(11)10-4-6-12-7-5-10/h1-2H,3-7H2/b2-1+. The largest absolute Gasteiger partial charge is 0.378 e. The summed E-state index contributed by atoms with van der Waals surface area (Å²) in [4.78, 5) is 13.1. The van der Waals surface area contributed by atoms with Gasteiger partial charge < -0.3 is 9.64 Å². The zero-order valence-corrected chi connectivity index (χ0v) is 8.42. The van der Waals surface area contributed by atoms with Crippen molar-refractivity contribution < 1.29 is 9.53 Å². The van der Waals surface area contributed by atoms with E-state index in [0.717, 1.165) is 5.33 Å². The van der Waals surface area contributed by atoms with E-state index in [0.29, 0.717) is 26.3 Å². The molecule has 0 aliphatic carbocycles. The quantitative estimate of drug-likeness (QED) is 0.522. The molecule has 0 bridgehead atoms. The summed E-state index contributed by atoms with van der Waals surface area (Å²) in [5.74, 6) is 0.0813. The molecule has 1 aliphatic rings. The van der Waals surface area contributed by atoms with Crippen molar-refractivity contribution in [2.24, 2.45) is 0 Å². The van der Waals surface area contributed by atoms with Gasteiger partial charge in [-0.3, -0.25) is 4.79 Å². The molecule has 0 N–H and O–H groups in total. The predicted molar refractivity (Wildman–Crippen MR) is 50.3 cm³/mol. The van der Waals surface area contributed by atoms with Gasteiger partial charge in [0, 0.05) is 18.4 Å². The summed E-state index contributed by atoms with van der Waals surface area (Å²) in [5.41, 5.74) is 0. The second-order valence-electron chi connectivity index (χ2n) is 2.49. The fourth-order valence-corrected chi connectivity index (χ4v) is 1.22. The number of carbonyl (C=O) groups is 1. The molecule has 1 fully saturated rings. The molecule has 0 spiro atoms. The Morgan fingerprint density at radius 3 is 2.75 bits per heavy atom. The highest BCUT2D eigenvalue weighted by molar-refractivity contribution is 9.09. The van der Waals surface area contributed by atoms with Gasteiger partial charge in [0.15, 0.2) is 0 Å². The fraction of sp³-hybridized carbons (Fsp3) is 0.625. The van der Waals surface area contributed by atoms with Crippen LogP contribution in [0.2, 0.25) is 0 Å². The SMILES string of the molecule is O=C(/C=C/CBr)N1CCOCC1. The Balaban J connectivity index is 2.34. The van der Waals surface area contributed by atoms with Gasteiger partial charge in [-0.25, -0.2) is 0 Å². The third-order valence-corrected chi connectivity index (χ3v) is 2.05. The van der Waals surface area contributed by atoms with E-state index in [4.69, 9.17) is 4.74 Å². The van der Waals surface area contributed by atoms with Crippen LogP contribution in [0.15, 0.2) is 12.2 Å².